The quantitative estimate of drug-likeness (QED) is 0.759. The topological polar surface area (TPSA) is 29.5 Å². The van der Waals surface area contributed by atoms with Gasteiger partial charge in [0.1, 0.15) is 0 Å². The Balaban J connectivity index is 1.91. The van der Waals surface area contributed by atoms with Crippen LogP contribution in [-0.4, -0.2) is 48.6 Å². The molecular weight excluding hydrogens is 234 g/mol. The summed E-state index contributed by atoms with van der Waals surface area (Å²) in [7, 11) is 0. The maximum atomic E-state index is 12.5. The fraction of sp³-hybridized carbons (Fsp3) is 0.923. The van der Waals surface area contributed by atoms with Gasteiger partial charge in [-0.15, -0.1) is 0 Å². The molecule has 2 aliphatic heterocycles. The second kappa shape index (κ2) is 5.61. The highest BCUT2D eigenvalue weighted by Gasteiger charge is 2.39. The van der Waals surface area contributed by atoms with Crippen molar-refractivity contribution in [3.8, 4) is 0 Å². The van der Waals surface area contributed by atoms with E-state index in [4.69, 9.17) is 4.74 Å². The Labute approximate surface area is 108 Å². The SMILES string of the molecule is CSC1CCN(C(=O)C2(C)CCCOC2)CC1. The molecule has 3 nitrogen and oxygen atoms in total. The molecule has 98 valence electrons. The number of likely N-dealkylation sites (tertiary alicyclic amines) is 1. The summed E-state index contributed by atoms with van der Waals surface area (Å²) in [5.41, 5.74) is -0.259. The van der Waals surface area contributed by atoms with Gasteiger partial charge < -0.3 is 9.64 Å². The lowest BCUT2D eigenvalue weighted by atomic mass is 9.83. The number of piperidine rings is 1. The zero-order valence-corrected chi connectivity index (χ0v) is 11.7. The third-order valence-corrected chi connectivity index (χ3v) is 5.15. The lowest BCUT2D eigenvalue weighted by molar-refractivity contribution is -0.149. The van der Waals surface area contributed by atoms with E-state index in [-0.39, 0.29) is 5.41 Å². The molecule has 1 unspecified atom stereocenters. The van der Waals surface area contributed by atoms with E-state index in [9.17, 15) is 4.79 Å². The highest BCUT2D eigenvalue weighted by Crippen LogP contribution is 2.32. The highest BCUT2D eigenvalue weighted by atomic mass is 32.2. The van der Waals surface area contributed by atoms with Crippen molar-refractivity contribution in [3.05, 3.63) is 0 Å². The van der Waals surface area contributed by atoms with Gasteiger partial charge in [0.15, 0.2) is 0 Å². The summed E-state index contributed by atoms with van der Waals surface area (Å²) < 4.78 is 5.49. The van der Waals surface area contributed by atoms with Crippen molar-refractivity contribution in [3.63, 3.8) is 0 Å². The van der Waals surface area contributed by atoms with Crippen molar-refractivity contribution in [2.75, 3.05) is 32.6 Å². The van der Waals surface area contributed by atoms with Gasteiger partial charge in [-0.1, -0.05) is 0 Å². The van der Waals surface area contributed by atoms with Gasteiger partial charge in [-0.3, -0.25) is 4.79 Å². The van der Waals surface area contributed by atoms with Gasteiger partial charge in [0.2, 0.25) is 5.91 Å². The number of nitrogens with zero attached hydrogens (tertiary/aromatic N) is 1. The Morgan fingerprint density at radius 3 is 2.65 bits per heavy atom. The minimum Gasteiger partial charge on any atom is -0.380 e. The molecule has 17 heavy (non-hydrogen) atoms. The average Bonchev–Trinajstić information content (AvgIpc) is 2.39. The number of carbonyl (C=O) groups is 1. The maximum Gasteiger partial charge on any atom is 0.230 e. The lowest BCUT2D eigenvalue weighted by Gasteiger charge is -2.39. The molecule has 2 aliphatic rings. The van der Waals surface area contributed by atoms with E-state index >= 15 is 0 Å². The predicted octanol–water partition coefficient (Wildman–Crippen LogP) is 2.16. The summed E-state index contributed by atoms with van der Waals surface area (Å²) in [4.78, 5) is 14.6. The summed E-state index contributed by atoms with van der Waals surface area (Å²) in [5, 5.41) is 0.745. The lowest BCUT2D eigenvalue weighted by Crippen LogP contribution is -2.49. The summed E-state index contributed by atoms with van der Waals surface area (Å²) in [6.45, 7) is 5.35. The second-order valence-corrected chi connectivity index (χ2v) is 6.58. The number of carbonyl (C=O) groups excluding carboxylic acids is 1. The Kier molecular flexibility index (Phi) is 4.36. The molecule has 2 rings (SSSR count). The van der Waals surface area contributed by atoms with Crippen LogP contribution in [0.3, 0.4) is 0 Å². The number of thioether (sulfide) groups is 1. The van der Waals surface area contributed by atoms with Gasteiger partial charge in [-0.2, -0.15) is 11.8 Å². The van der Waals surface area contributed by atoms with E-state index in [1.807, 2.05) is 11.8 Å². The summed E-state index contributed by atoms with van der Waals surface area (Å²) in [5.74, 6) is 0.316. The molecule has 2 saturated heterocycles. The maximum absolute atomic E-state index is 12.5. The molecule has 2 heterocycles. The normalized spacial score (nSPS) is 31.5. The first kappa shape index (κ1) is 13.2. The van der Waals surface area contributed by atoms with Crippen LogP contribution in [0.4, 0.5) is 0 Å². The zero-order valence-electron chi connectivity index (χ0n) is 10.9. The zero-order chi connectivity index (χ0) is 12.3. The minimum absolute atomic E-state index is 0.259. The van der Waals surface area contributed by atoms with Crippen LogP contribution in [0.5, 0.6) is 0 Å². The van der Waals surface area contributed by atoms with Gasteiger partial charge in [-0.05, 0) is 38.9 Å². The molecule has 0 spiro atoms. The van der Waals surface area contributed by atoms with Gasteiger partial charge in [0.25, 0.3) is 0 Å². The fourth-order valence-electron chi connectivity index (χ4n) is 2.78. The van der Waals surface area contributed by atoms with Crippen molar-refractivity contribution in [1.29, 1.82) is 0 Å². The molecule has 0 aromatic rings. The fourth-order valence-corrected chi connectivity index (χ4v) is 3.46. The van der Waals surface area contributed by atoms with Gasteiger partial charge in [0, 0.05) is 24.9 Å². The van der Waals surface area contributed by atoms with Gasteiger partial charge in [0.05, 0.1) is 12.0 Å². The molecule has 0 N–H and O–H groups in total. The Bertz CT molecular complexity index is 269. The number of amides is 1. The van der Waals surface area contributed by atoms with Crippen molar-refractivity contribution < 1.29 is 9.53 Å². The summed E-state index contributed by atoms with van der Waals surface area (Å²) in [6.07, 6.45) is 6.45. The largest absolute Gasteiger partial charge is 0.380 e. The van der Waals surface area contributed by atoms with Crippen LogP contribution in [0.1, 0.15) is 32.6 Å². The molecular formula is C13H23NO2S. The second-order valence-electron chi connectivity index (χ2n) is 5.44. The smallest absolute Gasteiger partial charge is 0.230 e. The van der Waals surface area contributed by atoms with E-state index in [0.717, 1.165) is 50.6 Å². The van der Waals surface area contributed by atoms with Crippen molar-refractivity contribution in [1.82, 2.24) is 4.90 Å². The molecule has 2 fully saturated rings. The molecule has 0 aromatic heterocycles. The Morgan fingerprint density at radius 1 is 1.41 bits per heavy atom. The van der Waals surface area contributed by atoms with E-state index in [1.165, 1.54) is 0 Å². The first-order valence-corrected chi connectivity index (χ1v) is 7.84. The van der Waals surface area contributed by atoms with Crippen LogP contribution in [0, 0.1) is 5.41 Å². The third-order valence-electron chi connectivity index (χ3n) is 4.02. The van der Waals surface area contributed by atoms with Crippen molar-refractivity contribution in [2.24, 2.45) is 5.41 Å². The molecule has 1 atom stereocenters. The Hall–Kier alpha value is -0.220. The Morgan fingerprint density at radius 2 is 2.12 bits per heavy atom. The highest BCUT2D eigenvalue weighted by molar-refractivity contribution is 7.99. The van der Waals surface area contributed by atoms with E-state index < -0.39 is 0 Å². The van der Waals surface area contributed by atoms with Crippen molar-refractivity contribution >= 4 is 17.7 Å². The van der Waals surface area contributed by atoms with E-state index in [0.29, 0.717) is 12.5 Å². The number of rotatable bonds is 2. The first-order chi connectivity index (χ1) is 8.15. The summed E-state index contributed by atoms with van der Waals surface area (Å²) >= 11 is 1.93. The van der Waals surface area contributed by atoms with Crippen LogP contribution >= 0.6 is 11.8 Å². The standard InChI is InChI=1S/C13H23NO2S/c1-13(6-3-9-16-10-13)12(15)14-7-4-11(17-2)5-8-14/h11H,3-10H2,1-2H3. The number of hydrogen-bond acceptors (Lipinski definition) is 3. The number of ether oxygens (including phenoxy) is 1. The van der Waals surface area contributed by atoms with Gasteiger partial charge >= 0.3 is 0 Å². The monoisotopic (exact) mass is 257 g/mol. The minimum atomic E-state index is -0.259. The average molecular weight is 257 g/mol. The van der Waals surface area contributed by atoms with Crippen molar-refractivity contribution in [2.45, 2.75) is 37.9 Å². The third kappa shape index (κ3) is 2.97. The van der Waals surface area contributed by atoms with Crippen LogP contribution in [0.15, 0.2) is 0 Å². The van der Waals surface area contributed by atoms with Crippen LogP contribution < -0.4 is 0 Å². The molecule has 0 aliphatic carbocycles. The summed E-state index contributed by atoms with van der Waals surface area (Å²) in [6, 6.07) is 0. The van der Waals surface area contributed by atoms with E-state index in [1.54, 1.807) is 0 Å². The molecule has 0 aromatic carbocycles. The van der Waals surface area contributed by atoms with Gasteiger partial charge in [-0.25, -0.2) is 0 Å². The van der Waals surface area contributed by atoms with Crippen LogP contribution in [-0.2, 0) is 9.53 Å². The molecule has 0 saturated carbocycles. The molecule has 0 bridgehead atoms. The molecule has 0 radical (unpaired) electrons. The molecule has 4 heteroatoms. The van der Waals surface area contributed by atoms with Crippen LogP contribution in [0.2, 0.25) is 0 Å². The predicted molar refractivity (Wildman–Crippen MR) is 71.3 cm³/mol. The molecule has 1 amide bonds. The number of hydrogen-bond donors (Lipinski definition) is 0. The van der Waals surface area contributed by atoms with E-state index in [2.05, 4.69) is 18.1 Å². The first-order valence-electron chi connectivity index (χ1n) is 6.56. The van der Waals surface area contributed by atoms with Crippen LogP contribution in [0.25, 0.3) is 0 Å².